The van der Waals surface area contributed by atoms with Gasteiger partial charge in [-0.2, -0.15) is 0 Å². The van der Waals surface area contributed by atoms with Crippen molar-refractivity contribution in [1.82, 2.24) is 5.32 Å². The second kappa shape index (κ2) is 9.35. The minimum atomic E-state index is -0.669. The minimum Gasteiger partial charge on any atom is -0.456 e. The Balaban J connectivity index is 1.27. The van der Waals surface area contributed by atoms with Gasteiger partial charge in [0.1, 0.15) is 11.4 Å². The van der Waals surface area contributed by atoms with Gasteiger partial charge in [0.25, 0.3) is 0 Å². The van der Waals surface area contributed by atoms with Crippen LogP contribution in [0.5, 0.6) is 0 Å². The van der Waals surface area contributed by atoms with E-state index in [-0.39, 0.29) is 11.5 Å². The maximum atomic E-state index is 14.6. The summed E-state index contributed by atoms with van der Waals surface area (Å²) in [5, 5.41) is 3.15. The van der Waals surface area contributed by atoms with Crippen LogP contribution in [-0.4, -0.2) is 37.1 Å². The first kappa shape index (κ1) is 24.7. The number of fused-ring (bicyclic) bond motifs is 2. The molecule has 4 fully saturated rings. The molecule has 3 aliphatic carbocycles. The van der Waals surface area contributed by atoms with Gasteiger partial charge in [-0.05, 0) is 94.2 Å². The van der Waals surface area contributed by atoms with Crippen LogP contribution in [0.2, 0.25) is 0 Å². The number of esters is 1. The quantitative estimate of drug-likeness (QED) is 0.456. The number of anilines is 1. The van der Waals surface area contributed by atoms with Crippen LogP contribution in [0.3, 0.4) is 0 Å². The van der Waals surface area contributed by atoms with Gasteiger partial charge in [0, 0.05) is 31.4 Å². The summed E-state index contributed by atoms with van der Waals surface area (Å²) in [6, 6.07) is 4.66. The molecule has 1 aromatic rings. The van der Waals surface area contributed by atoms with Crippen molar-refractivity contribution in [2.24, 2.45) is 23.2 Å². The molecule has 4 aliphatic rings. The van der Waals surface area contributed by atoms with Gasteiger partial charge in [-0.3, -0.25) is 4.79 Å². The Morgan fingerprint density at radius 2 is 1.91 bits per heavy atom. The van der Waals surface area contributed by atoms with Gasteiger partial charge in [0.05, 0.1) is 5.56 Å². The second-order valence-electron chi connectivity index (χ2n) is 11.9. The number of nitrogens with one attached hydrogen (secondary N) is 1. The molecule has 1 heterocycles. The fourth-order valence-corrected chi connectivity index (χ4v) is 6.07. The maximum absolute atomic E-state index is 14.6. The Kier molecular flexibility index (Phi) is 6.80. The van der Waals surface area contributed by atoms with E-state index < -0.39 is 17.4 Å². The van der Waals surface area contributed by atoms with Gasteiger partial charge in [-0.25, -0.2) is 9.18 Å². The van der Waals surface area contributed by atoms with Gasteiger partial charge in [-0.15, -0.1) is 0 Å². The normalized spacial score (nSPS) is 25.9. The molecule has 1 aliphatic heterocycles. The van der Waals surface area contributed by atoms with Gasteiger partial charge in [0.15, 0.2) is 0 Å². The molecule has 0 spiro atoms. The van der Waals surface area contributed by atoms with E-state index in [0.29, 0.717) is 24.4 Å². The number of carbonyl (C=O) groups is 2. The number of piperidine rings is 1. The topological polar surface area (TPSA) is 58.6 Å². The molecule has 5 nitrogen and oxygen atoms in total. The number of nitrogens with zero attached hydrogens (tertiary/aromatic N) is 1. The van der Waals surface area contributed by atoms with Crippen molar-refractivity contribution in [2.75, 3.05) is 24.5 Å². The van der Waals surface area contributed by atoms with Crippen molar-refractivity contribution in [3.63, 3.8) is 0 Å². The fraction of sp³-hybridized carbons (Fsp3) is 0.643. The van der Waals surface area contributed by atoms with Crippen molar-refractivity contribution >= 4 is 17.6 Å². The van der Waals surface area contributed by atoms with Gasteiger partial charge >= 0.3 is 5.97 Å². The number of carbonyl (C=O) groups excluding carboxylic acids is 2. The van der Waals surface area contributed by atoms with Crippen LogP contribution in [0.1, 0.15) is 77.1 Å². The molecule has 3 atom stereocenters. The summed E-state index contributed by atoms with van der Waals surface area (Å²) in [7, 11) is 0. The fourth-order valence-electron chi connectivity index (χ4n) is 6.07. The third kappa shape index (κ3) is 5.31. The number of amides is 1. The Hall–Kier alpha value is -2.37. The zero-order chi connectivity index (χ0) is 24.7. The molecule has 0 aromatic heterocycles. The Bertz CT molecular complexity index is 966. The number of halogens is 1. The van der Waals surface area contributed by atoms with E-state index in [9.17, 15) is 14.0 Å². The first-order chi connectivity index (χ1) is 15.9. The lowest BCUT2D eigenvalue weighted by Gasteiger charge is -2.60. The number of benzene rings is 1. The highest BCUT2D eigenvalue weighted by molar-refractivity contribution is 5.90. The molecular weight excluding hydrogens is 431 g/mol. The lowest BCUT2D eigenvalue weighted by Crippen LogP contribution is -2.54. The van der Waals surface area contributed by atoms with E-state index in [2.05, 4.69) is 24.1 Å². The molecule has 6 heteroatoms. The standard InChI is InChI=1S/C28H39FN2O3/c1-27(2,3)34-26(33)22-9-8-21(16-24(22)29)31-12-10-18(11-13-31)14-25(32)30-17-19-6-7-20-15-23(19)28(20,4)5/h8-9,14,16,19-20,23H,6-7,10-13,15,17H2,1-5H3,(H,30,32)/t19-,20-,23-/m0/s1. The zero-order valence-electron chi connectivity index (χ0n) is 21.2. The van der Waals surface area contributed by atoms with Crippen LogP contribution < -0.4 is 10.2 Å². The summed E-state index contributed by atoms with van der Waals surface area (Å²) in [5.74, 6) is 0.998. The van der Waals surface area contributed by atoms with Crippen molar-refractivity contribution in [2.45, 2.75) is 72.3 Å². The largest absolute Gasteiger partial charge is 0.456 e. The lowest BCUT2D eigenvalue weighted by molar-refractivity contribution is -0.120. The first-order valence-electron chi connectivity index (χ1n) is 12.7. The van der Waals surface area contributed by atoms with Crippen LogP contribution in [-0.2, 0) is 9.53 Å². The van der Waals surface area contributed by atoms with E-state index in [1.54, 1.807) is 32.9 Å². The molecule has 5 rings (SSSR count). The van der Waals surface area contributed by atoms with E-state index in [0.717, 1.165) is 42.5 Å². The number of hydrogen-bond donors (Lipinski definition) is 1. The summed E-state index contributed by atoms with van der Waals surface area (Å²) < 4.78 is 19.9. The molecule has 1 N–H and O–H groups in total. The summed E-state index contributed by atoms with van der Waals surface area (Å²) >= 11 is 0. The smallest absolute Gasteiger partial charge is 0.341 e. The average Bonchev–Trinajstić information content (AvgIpc) is 2.77. The molecule has 2 bridgehead atoms. The minimum absolute atomic E-state index is 0.00969. The van der Waals surface area contributed by atoms with Crippen molar-refractivity contribution in [1.29, 1.82) is 0 Å². The van der Waals surface area contributed by atoms with E-state index in [4.69, 9.17) is 4.74 Å². The molecular formula is C28H39FN2O3. The Labute approximate surface area is 203 Å². The summed E-state index contributed by atoms with van der Waals surface area (Å²) in [6.45, 7) is 12.2. The van der Waals surface area contributed by atoms with E-state index in [1.165, 1.54) is 31.4 Å². The van der Waals surface area contributed by atoms with Gasteiger partial charge in [-0.1, -0.05) is 19.4 Å². The molecule has 186 valence electrons. The third-order valence-electron chi connectivity index (χ3n) is 8.22. The Morgan fingerprint density at radius 1 is 1.21 bits per heavy atom. The molecule has 1 amide bonds. The van der Waals surface area contributed by atoms with Crippen LogP contribution in [0, 0.1) is 29.0 Å². The third-order valence-corrected chi connectivity index (χ3v) is 8.22. The summed E-state index contributed by atoms with van der Waals surface area (Å²) in [5.41, 5.74) is 1.59. The van der Waals surface area contributed by atoms with Crippen LogP contribution in [0.25, 0.3) is 0 Å². The lowest BCUT2D eigenvalue weighted by atomic mass is 9.45. The van der Waals surface area contributed by atoms with Crippen LogP contribution in [0.15, 0.2) is 29.8 Å². The monoisotopic (exact) mass is 470 g/mol. The number of rotatable bonds is 5. The highest BCUT2D eigenvalue weighted by Crippen LogP contribution is 2.61. The molecule has 1 aromatic carbocycles. The second-order valence-corrected chi connectivity index (χ2v) is 11.9. The van der Waals surface area contributed by atoms with Gasteiger partial charge in [0.2, 0.25) is 5.91 Å². The van der Waals surface area contributed by atoms with Crippen molar-refractivity contribution < 1.29 is 18.7 Å². The SMILES string of the molecule is CC(C)(C)OC(=O)c1ccc(N2CCC(=CC(=O)NC[C@@H]3CC[C@H]4C[C@@H]3C4(C)C)CC2)cc1F. The molecule has 34 heavy (non-hydrogen) atoms. The van der Waals surface area contributed by atoms with E-state index >= 15 is 0 Å². The summed E-state index contributed by atoms with van der Waals surface area (Å²) in [4.78, 5) is 26.8. The highest BCUT2D eigenvalue weighted by Gasteiger charge is 2.53. The van der Waals surface area contributed by atoms with E-state index in [1.807, 2.05) is 0 Å². The molecule has 1 saturated heterocycles. The van der Waals surface area contributed by atoms with Crippen LogP contribution >= 0.6 is 0 Å². The molecule has 0 unspecified atom stereocenters. The molecule has 3 saturated carbocycles. The predicted octanol–water partition coefficient (Wildman–Crippen LogP) is 5.50. The highest BCUT2D eigenvalue weighted by atomic mass is 19.1. The van der Waals surface area contributed by atoms with Crippen molar-refractivity contribution in [3.05, 3.63) is 41.2 Å². The average molecular weight is 471 g/mol. The van der Waals surface area contributed by atoms with Gasteiger partial charge < -0.3 is 15.0 Å². The van der Waals surface area contributed by atoms with Crippen LogP contribution in [0.4, 0.5) is 10.1 Å². The first-order valence-corrected chi connectivity index (χ1v) is 12.7. The number of hydrogen-bond acceptors (Lipinski definition) is 4. The Morgan fingerprint density at radius 3 is 2.50 bits per heavy atom. The van der Waals surface area contributed by atoms with Crippen molar-refractivity contribution in [3.8, 4) is 0 Å². The molecule has 0 radical (unpaired) electrons. The zero-order valence-corrected chi connectivity index (χ0v) is 21.2. The number of ether oxygens (including phenoxy) is 1. The maximum Gasteiger partial charge on any atom is 0.341 e. The summed E-state index contributed by atoms with van der Waals surface area (Å²) in [6.07, 6.45) is 7.15. The predicted molar refractivity (Wildman–Crippen MR) is 132 cm³/mol.